The number of nitrogens with zero attached hydrogens (tertiary/aromatic N) is 1. The standard InChI is InChI=1S/C63H125N2O7P/c1-7-10-13-16-19-22-25-26-27-28-29-30-31-32-33-34-35-36-37-38-41-43-46-49-52-55-62(66)64-60(59-71-73(68,69)70-58-57-65(4,5)6)61(54-51-48-45-42-39-23-20-17-14-11-8-2)72-63(67)56-53-50-47-44-40-24-21-18-15-12-9-3/h51,54,60-61H,7-50,52-53,55-59H2,1-6H3,(H-,64,66,68,69)/b54-51-. The number of carbonyl (C=O) groups excluding carboxylic acids is 2. The van der Waals surface area contributed by atoms with E-state index >= 15 is 0 Å². The zero-order chi connectivity index (χ0) is 53.6. The molecule has 0 aromatic rings. The topological polar surface area (TPSA) is 114 Å². The van der Waals surface area contributed by atoms with Gasteiger partial charge >= 0.3 is 5.97 Å². The molecule has 0 saturated heterocycles. The number of hydrogen-bond donors (Lipinski definition) is 1. The van der Waals surface area contributed by atoms with Crippen LogP contribution in [0.3, 0.4) is 0 Å². The number of nitrogens with one attached hydrogen (secondary N) is 1. The average Bonchev–Trinajstić information content (AvgIpc) is 3.35. The summed E-state index contributed by atoms with van der Waals surface area (Å²) in [6.45, 7) is 6.88. The molecule has 3 unspecified atom stereocenters. The minimum atomic E-state index is -4.69. The van der Waals surface area contributed by atoms with E-state index in [1.165, 1.54) is 238 Å². The Hall–Kier alpha value is -1.25. The van der Waals surface area contributed by atoms with Crippen molar-refractivity contribution in [1.82, 2.24) is 5.32 Å². The molecule has 0 aliphatic carbocycles. The smallest absolute Gasteiger partial charge is 0.306 e. The van der Waals surface area contributed by atoms with Crippen LogP contribution in [-0.2, 0) is 27.9 Å². The molecule has 9 nitrogen and oxygen atoms in total. The molecule has 1 N–H and O–H groups in total. The van der Waals surface area contributed by atoms with Gasteiger partial charge in [-0.1, -0.05) is 297 Å². The first-order valence-electron chi connectivity index (χ1n) is 32.0. The van der Waals surface area contributed by atoms with Gasteiger partial charge < -0.3 is 28.5 Å². The van der Waals surface area contributed by atoms with Crippen LogP contribution < -0.4 is 10.2 Å². The second kappa shape index (κ2) is 54.1. The molecule has 0 heterocycles. The van der Waals surface area contributed by atoms with E-state index in [9.17, 15) is 19.0 Å². The highest BCUT2D eigenvalue weighted by atomic mass is 31.2. The monoisotopic (exact) mass is 1050 g/mol. The van der Waals surface area contributed by atoms with Crippen molar-refractivity contribution in [3.8, 4) is 0 Å². The van der Waals surface area contributed by atoms with Gasteiger partial charge in [-0.15, -0.1) is 0 Å². The number of likely N-dealkylation sites (N-methyl/N-ethyl adjacent to an activating group) is 1. The minimum absolute atomic E-state index is 0.0170. The Bertz CT molecular complexity index is 1260. The van der Waals surface area contributed by atoms with Crippen molar-refractivity contribution in [3.63, 3.8) is 0 Å². The van der Waals surface area contributed by atoms with Gasteiger partial charge in [0, 0.05) is 12.8 Å². The van der Waals surface area contributed by atoms with Crippen LogP contribution in [-0.4, -0.2) is 69.4 Å². The number of amides is 1. The molecule has 0 aromatic heterocycles. The SMILES string of the molecule is CCCCCCCCCCC/C=C\C(OC(=O)CCCCCCCCCCCCC)C(COP(=O)([O-])OCC[N+](C)(C)C)NC(=O)CCCCCCCCCCCCCCCCCCCCCCCCCCC. The van der Waals surface area contributed by atoms with Gasteiger partial charge in [-0.2, -0.15) is 0 Å². The van der Waals surface area contributed by atoms with E-state index in [1.54, 1.807) is 0 Å². The summed E-state index contributed by atoms with van der Waals surface area (Å²) in [5, 5.41) is 3.03. The molecule has 1 amide bonds. The van der Waals surface area contributed by atoms with Crippen molar-refractivity contribution in [2.45, 2.75) is 341 Å². The van der Waals surface area contributed by atoms with Gasteiger partial charge in [0.1, 0.15) is 19.3 Å². The van der Waals surface area contributed by atoms with E-state index in [4.69, 9.17) is 13.8 Å². The lowest BCUT2D eigenvalue weighted by Crippen LogP contribution is -2.47. The zero-order valence-corrected chi connectivity index (χ0v) is 50.5. The second-order valence-corrected chi connectivity index (χ2v) is 24.7. The van der Waals surface area contributed by atoms with Gasteiger partial charge in [0.25, 0.3) is 7.82 Å². The molecule has 0 rings (SSSR count). The summed E-state index contributed by atoms with van der Waals surface area (Å²) in [6.07, 6.45) is 62.0. The molecule has 10 heteroatoms. The number of esters is 1. The number of quaternary nitrogens is 1. The van der Waals surface area contributed by atoms with Crippen LogP contribution in [0.25, 0.3) is 0 Å². The van der Waals surface area contributed by atoms with Crippen LogP contribution in [0.5, 0.6) is 0 Å². The van der Waals surface area contributed by atoms with Crippen molar-refractivity contribution in [1.29, 1.82) is 0 Å². The molecule has 434 valence electrons. The van der Waals surface area contributed by atoms with Gasteiger partial charge in [0.2, 0.25) is 5.91 Å². The summed E-state index contributed by atoms with van der Waals surface area (Å²) in [5.74, 6) is -0.522. The van der Waals surface area contributed by atoms with Crippen molar-refractivity contribution in [3.05, 3.63) is 12.2 Å². The number of rotatable bonds is 59. The molecular formula is C63H125N2O7P. The lowest BCUT2D eigenvalue weighted by atomic mass is 10.0. The molecule has 0 bridgehead atoms. The van der Waals surface area contributed by atoms with Gasteiger partial charge in [-0.25, -0.2) is 0 Å². The quantitative estimate of drug-likeness (QED) is 0.0212. The fourth-order valence-corrected chi connectivity index (χ4v) is 10.5. The minimum Gasteiger partial charge on any atom is -0.756 e. The Morgan fingerprint density at radius 3 is 1.12 bits per heavy atom. The maximum Gasteiger partial charge on any atom is 0.306 e. The Labute approximate surface area is 454 Å². The molecule has 0 fully saturated rings. The third kappa shape index (κ3) is 55.3. The third-order valence-electron chi connectivity index (χ3n) is 14.7. The average molecular weight is 1050 g/mol. The molecule has 0 aliphatic heterocycles. The van der Waals surface area contributed by atoms with Crippen LogP contribution in [0.15, 0.2) is 12.2 Å². The third-order valence-corrected chi connectivity index (χ3v) is 15.7. The van der Waals surface area contributed by atoms with Gasteiger partial charge in [0.05, 0.1) is 33.8 Å². The number of phosphoric ester groups is 1. The summed E-state index contributed by atoms with van der Waals surface area (Å²) in [5.41, 5.74) is 0. The van der Waals surface area contributed by atoms with Crippen LogP contribution in [0.1, 0.15) is 329 Å². The predicted octanol–water partition coefficient (Wildman–Crippen LogP) is 18.9. The normalized spacial score (nSPS) is 13.7. The molecule has 0 spiro atoms. The van der Waals surface area contributed by atoms with Crippen molar-refractivity contribution < 1.29 is 37.3 Å². The largest absolute Gasteiger partial charge is 0.756 e. The summed E-state index contributed by atoms with van der Waals surface area (Å²) in [4.78, 5) is 39.9. The Morgan fingerprint density at radius 1 is 0.466 bits per heavy atom. The van der Waals surface area contributed by atoms with Crippen LogP contribution in [0.2, 0.25) is 0 Å². The first kappa shape index (κ1) is 71.8. The lowest BCUT2D eigenvalue weighted by Gasteiger charge is -2.30. The Morgan fingerprint density at radius 2 is 0.781 bits per heavy atom. The van der Waals surface area contributed by atoms with E-state index in [1.807, 2.05) is 33.3 Å². The highest BCUT2D eigenvalue weighted by Crippen LogP contribution is 2.38. The summed E-state index contributed by atoms with van der Waals surface area (Å²) in [7, 11) is 1.21. The zero-order valence-electron chi connectivity index (χ0n) is 49.6. The first-order valence-corrected chi connectivity index (χ1v) is 33.5. The summed E-state index contributed by atoms with van der Waals surface area (Å²) < 4.78 is 30.3. The van der Waals surface area contributed by atoms with E-state index in [0.29, 0.717) is 17.4 Å². The number of phosphoric acid groups is 1. The van der Waals surface area contributed by atoms with E-state index in [-0.39, 0.29) is 31.5 Å². The molecule has 3 atom stereocenters. The molecule has 0 saturated carbocycles. The molecule has 0 aromatic carbocycles. The van der Waals surface area contributed by atoms with E-state index < -0.39 is 20.0 Å². The number of unbranched alkanes of at least 4 members (excludes halogenated alkanes) is 43. The molecule has 73 heavy (non-hydrogen) atoms. The van der Waals surface area contributed by atoms with Crippen LogP contribution in [0, 0.1) is 0 Å². The maximum atomic E-state index is 13.5. The van der Waals surface area contributed by atoms with Gasteiger partial charge in [-0.05, 0) is 31.8 Å². The first-order chi connectivity index (χ1) is 35.4. The second-order valence-electron chi connectivity index (χ2n) is 23.3. The fraction of sp³-hybridized carbons (Fsp3) is 0.937. The Kier molecular flexibility index (Phi) is 53.2. The molecule has 0 radical (unpaired) electrons. The van der Waals surface area contributed by atoms with Crippen molar-refractivity contribution in [2.75, 3.05) is 40.9 Å². The predicted molar refractivity (Wildman–Crippen MR) is 312 cm³/mol. The van der Waals surface area contributed by atoms with Crippen molar-refractivity contribution >= 4 is 19.7 Å². The Balaban J connectivity index is 4.95. The fourth-order valence-electron chi connectivity index (χ4n) is 9.76. The van der Waals surface area contributed by atoms with Gasteiger partial charge in [0.15, 0.2) is 0 Å². The summed E-state index contributed by atoms with van der Waals surface area (Å²) in [6, 6.07) is -0.878. The van der Waals surface area contributed by atoms with Gasteiger partial charge in [-0.3, -0.25) is 14.2 Å². The highest BCUT2D eigenvalue weighted by molar-refractivity contribution is 7.45. The summed E-state index contributed by atoms with van der Waals surface area (Å²) >= 11 is 0. The number of carbonyl (C=O) groups is 2. The number of hydrogen-bond acceptors (Lipinski definition) is 7. The van der Waals surface area contributed by atoms with E-state index in [2.05, 4.69) is 26.1 Å². The van der Waals surface area contributed by atoms with E-state index in [0.717, 1.165) is 57.8 Å². The highest BCUT2D eigenvalue weighted by Gasteiger charge is 2.27. The number of allylic oxidation sites excluding steroid dienone is 1. The van der Waals surface area contributed by atoms with Crippen LogP contribution in [0.4, 0.5) is 0 Å². The van der Waals surface area contributed by atoms with Crippen molar-refractivity contribution in [2.24, 2.45) is 0 Å². The van der Waals surface area contributed by atoms with Crippen LogP contribution >= 0.6 is 7.82 Å². The lowest BCUT2D eigenvalue weighted by molar-refractivity contribution is -0.870. The molecule has 0 aliphatic rings. The molecular weight excluding hydrogens is 928 g/mol. The maximum absolute atomic E-state index is 13.5. The number of ether oxygens (including phenoxy) is 1.